The van der Waals surface area contributed by atoms with Gasteiger partial charge in [-0.2, -0.15) is 39.0 Å². The summed E-state index contributed by atoms with van der Waals surface area (Å²) in [5, 5.41) is 13.7. The van der Waals surface area contributed by atoms with Crippen LogP contribution in [0.1, 0.15) is 94.7 Å². The van der Waals surface area contributed by atoms with Crippen LogP contribution in [0, 0.1) is 29.1 Å². The highest BCUT2D eigenvalue weighted by Crippen LogP contribution is 2.52. The Morgan fingerprint density at radius 1 is 0.776 bits per heavy atom. The molecule has 0 radical (unpaired) electrons. The van der Waals surface area contributed by atoms with E-state index >= 15 is 8.78 Å². The molecule has 3 N–H and O–H groups in total. The lowest BCUT2D eigenvalue weighted by Crippen LogP contribution is -2.32. The number of carboxylic acid groups (broad SMARTS) is 1. The van der Waals surface area contributed by atoms with E-state index in [0.717, 1.165) is 10.6 Å². The summed E-state index contributed by atoms with van der Waals surface area (Å²) in [6.07, 6.45) is 1.95. The summed E-state index contributed by atoms with van der Waals surface area (Å²) in [6.45, 7) is 2.60. The molecule has 0 aromatic heterocycles. The average molecular weight is 871 g/mol. The van der Waals surface area contributed by atoms with Crippen molar-refractivity contribution in [3.63, 3.8) is 0 Å². The van der Waals surface area contributed by atoms with Gasteiger partial charge in [-0.15, -0.1) is 0 Å². The first-order valence-corrected chi connectivity index (χ1v) is 21.4. The van der Waals surface area contributed by atoms with Gasteiger partial charge in [0.2, 0.25) is 11.6 Å². The molecule has 2 aliphatic heterocycles. The SMILES string of the molecule is CC1(CCCCS(=O)(=O)O)C(/C=C/C=C/C=C2/Nc3cc(F)cc(C(F)(F)F)c3C2(C)CCCCCC(=O)[O-])=[N+](CCCCS(=O)(=O)O)c2c(F)c(F)c(F)c(F)c21. The molecule has 320 valence electrons. The minimum atomic E-state index is -4.93. The molecule has 58 heavy (non-hydrogen) atoms. The third-order valence-corrected chi connectivity index (χ3v) is 12.0. The third-order valence-electron chi connectivity index (χ3n) is 10.4. The molecule has 0 fully saturated rings. The van der Waals surface area contributed by atoms with Crippen LogP contribution in [-0.2, 0) is 42.0 Å². The number of anilines is 1. The molecule has 2 atom stereocenters. The maximum absolute atomic E-state index is 15.7. The molecule has 0 saturated carbocycles. The second-order valence-corrected chi connectivity index (χ2v) is 17.8. The van der Waals surface area contributed by atoms with E-state index in [2.05, 4.69) is 5.32 Å². The quantitative estimate of drug-likeness (QED) is 0.0246. The number of aliphatic carboxylic acids is 1. The largest absolute Gasteiger partial charge is 0.550 e. The molecule has 2 aromatic carbocycles. The van der Waals surface area contributed by atoms with Crippen molar-refractivity contribution < 1.29 is 75.5 Å². The summed E-state index contributed by atoms with van der Waals surface area (Å²) in [6, 6.07) is 1.31. The van der Waals surface area contributed by atoms with Crippen molar-refractivity contribution in [2.24, 2.45) is 0 Å². The number of nitrogens with zero attached hydrogens (tertiary/aromatic N) is 1. The second-order valence-electron chi connectivity index (χ2n) is 14.7. The Balaban J connectivity index is 1.78. The Labute approximate surface area is 330 Å². The van der Waals surface area contributed by atoms with Gasteiger partial charge in [-0.25, -0.2) is 17.6 Å². The Morgan fingerprint density at radius 2 is 1.36 bits per heavy atom. The van der Waals surface area contributed by atoms with Gasteiger partial charge >= 0.3 is 6.18 Å². The maximum atomic E-state index is 15.7. The summed E-state index contributed by atoms with van der Waals surface area (Å²) in [5.41, 5.74) is -5.62. The van der Waals surface area contributed by atoms with Gasteiger partial charge in [0.05, 0.1) is 28.0 Å². The van der Waals surface area contributed by atoms with Crippen LogP contribution in [0.25, 0.3) is 0 Å². The fraction of sp³-hybridized carbons (Fsp3) is 0.474. The van der Waals surface area contributed by atoms with E-state index in [9.17, 15) is 62.2 Å². The molecule has 10 nitrogen and oxygen atoms in total. The molecule has 2 unspecified atom stereocenters. The molecular weight excluding hydrogens is 829 g/mol. The maximum Gasteiger partial charge on any atom is 0.416 e. The standard InChI is InChI=1S/C38H42F8N2O8S2/c1-36(16-8-4-7-15-28(49)50)26(47-25-22-23(39)21-24(29(25)36)38(44,45)46)13-5-3-6-14-27-37(2,17-9-11-19-57(51,52)53)30-31(40)32(41)33(42)34(43)35(30)48(27)18-10-12-20-58(54,55)56/h3,5-6,13-14,21-22H,4,7-12,15-20H2,1-2H3,(H3,49,50,51,52,53,54,55,56). The lowest BCUT2D eigenvalue weighted by atomic mass is 9.75. The number of rotatable bonds is 19. The van der Waals surface area contributed by atoms with Crippen molar-refractivity contribution >= 4 is 43.3 Å². The van der Waals surface area contributed by atoms with Crippen molar-refractivity contribution in [2.45, 2.75) is 95.1 Å². The van der Waals surface area contributed by atoms with Crippen LogP contribution in [0.15, 0.2) is 48.2 Å². The molecule has 2 aliphatic rings. The molecule has 0 bridgehead atoms. The van der Waals surface area contributed by atoms with E-state index in [1.165, 1.54) is 44.2 Å². The third kappa shape index (κ3) is 10.7. The van der Waals surface area contributed by atoms with E-state index in [0.29, 0.717) is 12.5 Å². The van der Waals surface area contributed by atoms with Gasteiger partial charge in [-0.3, -0.25) is 9.11 Å². The normalized spacial score (nSPS) is 20.4. The first-order valence-electron chi connectivity index (χ1n) is 18.2. The zero-order chi connectivity index (χ0) is 43.4. The number of unbranched alkanes of at least 4 members (excludes halogenated alkanes) is 4. The van der Waals surface area contributed by atoms with Crippen LogP contribution in [0.2, 0.25) is 0 Å². The molecular formula is C38H42F8N2O8S2. The van der Waals surface area contributed by atoms with Crippen LogP contribution < -0.4 is 10.4 Å². The number of hydrogen-bond acceptors (Lipinski definition) is 7. The van der Waals surface area contributed by atoms with Crippen LogP contribution in [-0.4, -0.2) is 60.2 Å². The molecule has 0 amide bonds. The van der Waals surface area contributed by atoms with Gasteiger partial charge in [-0.1, -0.05) is 37.5 Å². The number of carboxylic acids is 1. The summed E-state index contributed by atoms with van der Waals surface area (Å²) >= 11 is 0. The van der Waals surface area contributed by atoms with Crippen LogP contribution >= 0.6 is 0 Å². The van der Waals surface area contributed by atoms with Gasteiger partial charge in [0.1, 0.15) is 12.4 Å². The van der Waals surface area contributed by atoms with Gasteiger partial charge in [0.15, 0.2) is 17.3 Å². The fourth-order valence-electron chi connectivity index (χ4n) is 7.71. The van der Waals surface area contributed by atoms with E-state index in [4.69, 9.17) is 0 Å². The minimum Gasteiger partial charge on any atom is -0.550 e. The van der Waals surface area contributed by atoms with E-state index in [1.807, 2.05) is 0 Å². The smallest absolute Gasteiger partial charge is 0.416 e. The van der Waals surface area contributed by atoms with Crippen LogP contribution in [0.3, 0.4) is 0 Å². The highest BCUT2D eigenvalue weighted by atomic mass is 32.2. The van der Waals surface area contributed by atoms with Crippen molar-refractivity contribution in [3.05, 3.63) is 94.0 Å². The molecule has 0 saturated heterocycles. The number of carbonyl (C=O) groups excluding carboxylic acids is 1. The zero-order valence-corrected chi connectivity index (χ0v) is 33.0. The summed E-state index contributed by atoms with van der Waals surface area (Å²) in [7, 11) is -8.84. The second kappa shape index (κ2) is 18.0. The monoisotopic (exact) mass is 870 g/mol. The Morgan fingerprint density at radius 3 is 1.97 bits per heavy atom. The number of benzene rings is 2. The summed E-state index contributed by atoms with van der Waals surface area (Å²) < 4.78 is 183. The summed E-state index contributed by atoms with van der Waals surface area (Å²) in [5.74, 6) is -11.5. The first-order chi connectivity index (χ1) is 26.8. The number of alkyl halides is 3. The van der Waals surface area contributed by atoms with Crippen molar-refractivity contribution in [1.82, 2.24) is 0 Å². The van der Waals surface area contributed by atoms with E-state index < -0.39 is 101 Å². The Hall–Kier alpha value is -4.14. The molecule has 2 aromatic rings. The van der Waals surface area contributed by atoms with Crippen molar-refractivity contribution in [2.75, 3.05) is 23.4 Å². The van der Waals surface area contributed by atoms with E-state index in [1.54, 1.807) is 0 Å². The first kappa shape index (κ1) is 46.5. The fourth-order valence-corrected chi connectivity index (χ4v) is 8.85. The average Bonchev–Trinajstić information content (AvgIpc) is 3.51. The number of hydrogen-bond donors (Lipinski definition) is 3. The van der Waals surface area contributed by atoms with Gasteiger partial charge < -0.3 is 15.2 Å². The Bertz CT molecular complexity index is 2270. The Kier molecular flexibility index (Phi) is 14.4. The molecule has 4 rings (SSSR count). The number of allylic oxidation sites excluding steroid dienone is 6. The molecule has 0 spiro atoms. The molecule has 20 heteroatoms. The number of fused-ring (bicyclic) bond motifs is 2. The predicted octanol–water partition coefficient (Wildman–Crippen LogP) is 7.56. The topological polar surface area (TPSA) is 164 Å². The van der Waals surface area contributed by atoms with Gasteiger partial charge in [0, 0.05) is 35.3 Å². The van der Waals surface area contributed by atoms with Gasteiger partial charge in [0.25, 0.3) is 25.9 Å². The highest BCUT2D eigenvalue weighted by Gasteiger charge is 2.53. The zero-order valence-electron chi connectivity index (χ0n) is 31.4. The van der Waals surface area contributed by atoms with Crippen molar-refractivity contribution in [3.8, 4) is 0 Å². The lowest BCUT2D eigenvalue weighted by Gasteiger charge is -2.29. The van der Waals surface area contributed by atoms with Gasteiger partial charge in [-0.05, 0) is 76.1 Å². The number of halogens is 8. The van der Waals surface area contributed by atoms with E-state index in [-0.39, 0.29) is 87.0 Å². The molecule has 0 aliphatic carbocycles. The number of carbonyl (C=O) groups is 1. The highest BCUT2D eigenvalue weighted by molar-refractivity contribution is 7.86. The minimum absolute atomic E-state index is 0.0411. The summed E-state index contributed by atoms with van der Waals surface area (Å²) in [4.78, 5) is 10.9. The van der Waals surface area contributed by atoms with Crippen LogP contribution in [0.4, 0.5) is 46.5 Å². The molecule has 2 heterocycles. The predicted molar refractivity (Wildman–Crippen MR) is 196 cm³/mol. The lowest BCUT2D eigenvalue weighted by molar-refractivity contribution is -0.440. The number of nitrogens with one attached hydrogen (secondary N) is 1. The van der Waals surface area contributed by atoms with Crippen molar-refractivity contribution in [1.29, 1.82) is 0 Å². The van der Waals surface area contributed by atoms with Crippen LogP contribution in [0.5, 0.6) is 0 Å².